The Balaban J connectivity index is 2.14. The summed E-state index contributed by atoms with van der Waals surface area (Å²) in [4.78, 5) is 2.32. The second kappa shape index (κ2) is 5.98. The van der Waals surface area contributed by atoms with Gasteiger partial charge in [-0.05, 0) is 36.9 Å². The number of nitrogens with zero attached hydrogens (tertiary/aromatic N) is 1. The lowest BCUT2D eigenvalue weighted by Crippen LogP contribution is -2.31. The first-order chi connectivity index (χ1) is 8.22. The number of anilines is 1. The van der Waals surface area contributed by atoms with E-state index in [1.165, 1.54) is 23.5 Å². The van der Waals surface area contributed by atoms with Crippen molar-refractivity contribution >= 4 is 29.1 Å². The molecule has 1 aliphatic rings. The number of thioether (sulfide) groups is 1. The van der Waals surface area contributed by atoms with Crippen molar-refractivity contribution in [2.75, 3.05) is 30.5 Å². The number of rotatable bonds is 4. The van der Waals surface area contributed by atoms with Gasteiger partial charge in [-0.3, -0.25) is 0 Å². The molecule has 94 valence electrons. The molecule has 0 saturated carbocycles. The summed E-state index contributed by atoms with van der Waals surface area (Å²) in [6.45, 7) is 0.864. The number of hydrogen-bond acceptors (Lipinski definition) is 3. The average Bonchev–Trinajstić information content (AvgIpc) is 2.82. The zero-order valence-electron chi connectivity index (χ0n) is 10.4. The van der Waals surface area contributed by atoms with Gasteiger partial charge in [0.25, 0.3) is 0 Å². The van der Waals surface area contributed by atoms with Gasteiger partial charge in [0, 0.05) is 25.4 Å². The minimum absolute atomic E-state index is 0.632. The molecule has 1 aromatic rings. The Bertz CT molecular complexity index is 378. The molecule has 1 unspecified atom stereocenters. The van der Waals surface area contributed by atoms with Gasteiger partial charge < -0.3 is 10.2 Å². The van der Waals surface area contributed by atoms with Gasteiger partial charge in [0.15, 0.2) is 0 Å². The summed E-state index contributed by atoms with van der Waals surface area (Å²) in [5, 5.41) is 4.00. The Morgan fingerprint density at radius 1 is 1.53 bits per heavy atom. The quantitative estimate of drug-likeness (QED) is 0.906. The minimum Gasteiger partial charge on any atom is -0.370 e. The number of benzene rings is 1. The maximum Gasteiger partial charge on any atom is 0.0642 e. The molecule has 0 spiro atoms. The molecular formula is C13H19ClN2S. The third-order valence-corrected chi connectivity index (χ3v) is 4.67. The van der Waals surface area contributed by atoms with Crippen molar-refractivity contribution in [3.05, 3.63) is 28.8 Å². The fourth-order valence-electron chi connectivity index (χ4n) is 2.17. The summed E-state index contributed by atoms with van der Waals surface area (Å²) in [7, 11) is 4.10. The highest BCUT2D eigenvalue weighted by Gasteiger charge is 2.21. The Morgan fingerprint density at radius 2 is 2.35 bits per heavy atom. The van der Waals surface area contributed by atoms with E-state index in [1.807, 2.05) is 18.8 Å². The molecule has 2 rings (SSSR count). The fraction of sp³-hybridized carbons (Fsp3) is 0.538. The van der Waals surface area contributed by atoms with E-state index in [0.717, 1.165) is 17.3 Å². The lowest BCUT2D eigenvalue weighted by atomic mass is 10.1. The molecule has 0 aliphatic carbocycles. The summed E-state index contributed by atoms with van der Waals surface area (Å²) >= 11 is 8.39. The van der Waals surface area contributed by atoms with Crippen molar-refractivity contribution < 1.29 is 0 Å². The molecule has 4 heteroatoms. The van der Waals surface area contributed by atoms with Gasteiger partial charge in [-0.1, -0.05) is 17.7 Å². The molecule has 0 amide bonds. The summed E-state index contributed by atoms with van der Waals surface area (Å²) in [5.41, 5.74) is 2.38. The maximum absolute atomic E-state index is 6.36. The third-order valence-electron chi connectivity index (χ3n) is 3.23. The minimum atomic E-state index is 0.632. The SMILES string of the molecule is CNCc1ccc(N(C)C2CCSC2)c(Cl)c1. The molecule has 0 bridgehead atoms. The van der Waals surface area contributed by atoms with Gasteiger partial charge >= 0.3 is 0 Å². The fourth-order valence-corrected chi connectivity index (χ4v) is 3.78. The molecule has 2 nitrogen and oxygen atoms in total. The maximum atomic E-state index is 6.36. The van der Waals surface area contributed by atoms with Crippen LogP contribution in [-0.2, 0) is 6.54 Å². The third kappa shape index (κ3) is 3.09. The highest BCUT2D eigenvalue weighted by Crippen LogP contribution is 2.31. The van der Waals surface area contributed by atoms with Gasteiger partial charge in [-0.25, -0.2) is 0 Å². The number of hydrogen-bond donors (Lipinski definition) is 1. The van der Waals surface area contributed by atoms with Crippen molar-refractivity contribution in [1.29, 1.82) is 0 Å². The Labute approximate surface area is 113 Å². The van der Waals surface area contributed by atoms with Gasteiger partial charge in [-0.2, -0.15) is 11.8 Å². The van der Waals surface area contributed by atoms with E-state index < -0.39 is 0 Å². The first-order valence-corrected chi connectivity index (χ1v) is 7.49. The summed E-state index contributed by atoms with van der Waals surface area (Å²) < 4.78 is 0. The van der Waals surface area contributed by atoms with Crippen molar-refractivity contribution in [3.8, 4) is 0 Å². The number of halogens is 1. The highest BCUT2D eigenvalue weighted by molar-refractivity contribution is 7.99. The molecule has 1 saturated heterocycles. The Kier molecular flexibility index (Phi) is 4.60. The molecule has 1 heterocycles. The molecule has 1 aromatic carbocycles. The van der Waals surface area contributed by atoms with E-state index in [9.17, 15) is 0 Å². The predicted molar refractivity (Wildman–Crippen MR) is 78.3 cm³/mol. The second-order valence-corrected chi connectivity index (χ2v) is 6.00. The van der Waals surface area contributed by atoms with Gasteiger partial charge in [0.1, 0.15) is 0 Å². The van der Waals surface area contributed by atoms with Gasteiger partial charge in [0.05, 0.1) is 10.7 Å². The predicted octanol–water partition coefficient (Wildman–Crippen LogP) is 3.00. The highest BCUT2D eigenvalue weighted by atomic mass is 35.5. The van der Waals surface area contributed by atoms with E-state index in [-0.39, 0.29) is 0 Å². The van der Waals surface area contributed by atoms with Crippen molar-refractivity contribution in [2.45, 2.75) is 19.0 Å². The van der Waals surface area contributed by atoms with Gasteiger partial charge in [-0.15, -0.1) is 0 Å². The average molecular weight is 271 g/mol. The largest absolute Gasteiger partial charge is 0.370 e. The van der Waals surface area contributed by atoms with Crippen LogP contribution < -0.4 is 10.2 Å². The number of nitrogens with one attached hydrogen (secondary N) is 1. The molecule has 17 heavy (non-hydrogen) atoms. The first kappa shape index (κ1) is 13.1. The van der Waals surface area contributed by atoms with E-state index >= 15 is 0 Å². The van der Waals surface area contributed by atoms with Crippen LogP contribution in [0.3, 0.4) is 0 Å². The van der Waals surface area contributed by atoms with Crippen molar-refractivity contribution in [1.82, 2.24) is 5.32 Å². The molecular weight excluding hydrogens is 252 g/mol. The summed E-state index contributed by atoms with van der Waals surface area (Å²) in [6.07, 6.45) is 1.26. The van der Waals surface area contributed by atoms with Gasteiger partial charge in [0.2, 0.25) is 0 Å². The monoisotopic (exact) mass is 270 g/mol. The molecule has 0 radical (unpaired) electrons. The van der Waals surface area contributed by atoms with Crippen LogP contribution in [0.15, 0.2) is 18.2 Å². The Hall–Kier alpha value is -0.380. The molecule has 1 atom stereocenters. The van der Waals surface area contributed by atoms with Crippen LogP contribution in [0.1, 0.15) is 12.0 Å². The van der Waals surface area contributed by atoms with E-state index in [0.29, 0.717) is 6.04 Å². The van der Waals surface area contributed by atoms with Crippen LogP contribution in [0.4, 0.5) is 5.69 Å². The van der Waals surface area contributed by atoms with Crippen LogP contribution in [0, 0.1) is 0 Å². The van der Waals surface area contributed by atoms with Crippen LogP contribution in [-0.4, -0.2) is 31.6 Å². The van der Waals surface area contributed by atoms with E-state index in [1.54, 1.807) is 0 Å². The summed E-state index contributed by atoms with van der Waals surface area (Å²) in [6, 6.07) is 6.98. The van der Waals surface area contributed by atoms with Crippen molar-refractivity contribution in [3.63, 3.8) is 0 Å². The van der Waals surface area contributed by atoms with Crippen LogP contribution in [0.2, 0.25) is 5.02 Å². The van der Waals surface area contributed by atoms with Crippen LogP contribution in [0.5, 0.6) is 0 Å². The lowest BCUT2D eigenvalue weighted by Gasteiger charge is -2.27. The topological polar surface area (TPSA) is 15.3 Å². The second-order valence-electron chi connectivity index (χ2n) is 4.44. The zero-order valence-corrected chi connectivity index (χ0v) is 11.9. The lowest BCUT2D eigenvalue weighted by molar-refractivity contribution is 0.700. The molecule has 0 aromatic heterocycles. The van der Waals surface area contributed by atoms with E-state index in [2.05, 4.69) is 35.5 Å². The Morgan fingerprint density at radius 3 is 2.94 bits per heavy atom. The van der Waals surface area contributed by atoms with Crippen LogP contribution >= 0.6 is 23.4 Å². The first-order valence-electron chi connectivity index (χ1n) is 5.96. The normalized spacial score (nSPS) is 19.6. The zero-order chi connectivity index (χ0) is 12.3. The summed E-state index contributed by atoms with van der Waals surface area (Å²) in [5.74, 6) is 2.48. The van der Waals surface area contributed by atoms with E-state index in [4.69, 9.17) is 11.6 Å². The molecule has 1 aliphatic heterocycles. The smallest absolute Gasteiger partial charge is 0.0642 e. The van der Waals surface area contributed by atoms with Crippen LogP contribution in [0.25, 0.3) is 0 Å². The molecule has 1 fully saturated rings. The van der Waals surface area contributed by atoms with Crippen molar-refractivity contribution in [2.24, 2.45) is 0 Å². The molecule has 1 N–H and O–H groups in total. The standard InChI is InChI=1S/C13H19ClN2S/c1-15-8-10-3-4-13(12(14)7-10)16(2)11-5-6-17-9-11/h3-4,7,11,15H,5-6,8-9H2,1-2H3.